The SMILES string of the molecule is CNC(=O)C1COCCN1S(=O)(=O)c1ccc(Br)cc1F. The fourth-order valence-electron chi connectivity index (χ4n) is 2.06. The Hall–Kier alpha value is -1.03. The van der Waals surface area contributed by atoms with Crippen molar-refractivity contribution in [2.24, 2.45) is 0 Å². The summed E-state index contributed by atoms with van der Waals surface area (Å²) in [6.07, 6.45) is 0. The Bertz CT molecular complexity index is 653. The number of ether oxygens (including phenoxy) is 1. The summed E-state index contributed by atoms with van der Waals surface area (Å²) in [7, 11) is -2.71. The number of halogens is 2. The molecule has 21 heavy (non-hydrogen) atoms. The van der Waals surface area contributed by atoms with Gasteiger partial charge in [0.25, 0.3) is 0 Å². The maximum absolute atomic E-state index is 13.9. The number of benzene rings is 1. The van der Waals surface area contributed by atoms with E-state index in [1.54, 1.807) is 0 Å². The van der Waals surface area contributed by atoms with Gasteiger partial charge in [0.1, 0.15) is 16.8 Å². The zero-order valence-corrected chi connectivity index (χ0v) is 13.6. The van der Waals surface area contributed by atoms with E-state index < -0.39 is 32.7 Å². The molecular formula is C12H14BrFN2O4S. The van der Waals surface area contributed by atoms with Crippen molar-refractivity contribution in [1.29, 1.82) is 0 Å². The van der Waals surface area contributed by atoms with Crippen molar-refractivity contribution in [1.82, 2.24) is 9.62 Å². The molecule has 1 amide bonds. The predicted molar refractivity (Wildman–Crippen MR) is 76.7 cm³/mol. The van der Waals surface area contributed by atoms with E-state index >= 15 is 0 Å². The number of carbonyl (C=O) groups excluding carboxylic acids is 1. The van der Waals surface area contributed by atoms with Gasteiger partial charge in [-0.25, -0.2) is 12.8 Å². The highest BCUT2D eigenvalue weighted by molar-refractivity contribution is 9.10. The molecule has 1 fully saturated rings. The molecule has 1 saturated heterocycles. The third-order valence-electron chi connectivity index (χ3n) is 3.11. The maximum atomic E-state index is 13.9. The van der Waals surface area contributed by atoms with Crippen LogP contribution in [-0.2, 0) is 19.6 Å². The number of likely N-dealkylation sites (N-methyl/N-ethyl adjacent to an activating group) is 1. The third kappa shape index (κ3) is 3.25. The molecule has 1 atom stereocenters. The molecule has 1 unspecified atom stereocenters. The molecule has 0 bridgehead atoms. The van der Waals surface area contributed by atoms with Crippen LogP contribution >= 0.6 is 15.9 Å². The van der Waals surface area contributed by atoms with Gasteiger partial charge in [-0.3, -0.25) is 4.79 Å². The van der Waals surface area contributed by atoms with Crippen molar-refractivity contribution >= 4 is 31.9 Å². The summed E-state index contributed by atoms with van der Waals surface area (Å²) in [5.74, 6) is -1.36. The highest BCUT2D eigenvalue weighted by Crippen LogP contribution is 2.25. The summed E-state index contributed by atoms with van der Waals surface area (Å²) in [5, 5.41) is 2.39. The first-order chi connectivity index (χ1) is 9.87. The first-order valence-electron chi connectivity index (χ1n) is 6.14. The molecule has 116 valence electrons. The summed E-state index contributed by atoms with van der Waals surface area (Å²) in [4.78, 5) is 11.3. The molecule has 1 aromatic carbocycles. The van der Waals surface area contributed by atoms with Crippen LogP contribution in [0.15, 0.2) is 27.6 Å². The number of rotatable bonds is 3. The van der Waals surface area contributed by atoms with Crippen molar-refractivity contribution in [3.8, 4) is 0 Å². The minimum atomic E-state index is -4.12. The Balaban J connectivity index is 2.43. The van der Waals surface area contributed by atoms with Gasteiger partial charge in [-0.15, -0.1) is 0 Å². The lowest BCUT2D eigenvalue weighted by Gasteiger charge is -2.33. The van der Waals surface area contributed by atoms with Crippen LogP contribution in [0.2, 0.25) is 0 Å². The van der Waals surface area contributed by atoms with Crippen LogP contribution in [0.4, 0.5) is 4.39 Å². The first kappa shape index (κ1) is 16.3. The topological polar surface area (TPSA) is 75.7 Å². The number of hydrogen-bond donors (Lipinski definition) is 1. The monoisotopic (exact) mass is 380 g/mol. The van der Waals surface area contributed by atoms with Crippen molar-refractivity contribution in [3.63, 3.8) is 0 Å². The van der Waals surface area contributed by atoms with Gasteiger partial charge in [0, 0.05) is 18.1 Å². The van der Waals surface area contributed by atoms with Gasteiger partial charge in [0.05, 0.1) is 13.2 Å². The average molecular weight is 381 g/mol. The molecule has 1 aromatic rings. The molecule has 0 aliphatic carbocycles. The van der Waals surface area contributed by atoms with Crippen LogP contribution in [0.3, 0.4) is 0 Å². The van der Waals surface area contributed by atoms with E-state index in [2.05, 4.69) is 21.2 Å². The number of carbonyl (C=O) groups is 1. The largest absolute Gasteiger partial charge is 0.378 e. The standard InChI is InChI=1S/C12H14BrFN2O4S/c1-15-12(17)10-7-20-5-4-16(10)21(18,19)11-3-2-8(13)6-9(11)14/h2-3,6,10H,4-5,7H2,1H3,(H,15,17). The van der Waals surface area contributed by atoms with Crippen molar-refractivity contribution in [2.45, 2.75) is 10.9 Å². The highest BCUT2D eigenvalue weighted by atomic mass is 79.9. The van der Waals surface area contributed by atoms with Gasteiger partial charge in [0.2, 0.25) is 15.9 Å². The second kappa shape index (κ2) is 6.39. The summed E-state index contributed by atoms with van der Waals surface area (Å²) in [5.41, 5.74) is 0. The molecule has 6 nitrogen and oxygen atoms in total. The van der Waals surface area contributed by atoms with E-state index in [4.69, 9.17) is 4.74 Å². The predicted octanol–water partition coefficient (Wildman–Crippen LogP) is 0.724. The van der Waals surface area contributed by atoms with Gasteiger partial charge in [0.15, 0.2) is 0 Å². The molecule has 0 saturated carbocycles. The normalized spacial score (nSPS) is 20.2. The van der Waals surface area contributed by atoms with Gasteiger partial charge in [-0.2, -0.15) is 4.31 Å². The molecule has 0 spiro atoms. The number of nitrogens with one attached hydrogen (secondary N) is 1. The Morgan fingerprint density at radius 3 is 2.86 bits per heavy atom. The second-order valence-corrected chi connectivity index (χ2v) is 7.17. The minimum absolute atomic E-state index is 0.00404. The lowest BCUT2D eigenvalue weighted by molar-refractivity contribution is -0.128. The van der Waals surface area contributed by atoms with Gasteiger partial charge >= 0.3 is 0 Å². The number of sulfonamides is 1. The van der Waals surface area contributed by atoms with Gasteiger partial charge in [-0.1, -0.05) is 15.9 Å². The molecule has 1 N–H and O–H groups in total. The van der Waals surface area contributed by atoms with E-state index in [1.807, 2.05) is 0 Å². The average Bonchev–Trinajstić information content (AvgIpc) is 2.46. The van der Waals surface area contributed by atoms with E-state index in [0.717, 1.165) is 10.4 Å². The van der Waals surface area contributed by atoms with Crippen LogP contribution in [0.25, 0.3) is 0 Å². The number of amides is 1. The molecule has 2 rings (SSSR count). The van der Waals surface area contributed by atoms with Gasteiger partial charge in [-0.05, 0) is 18.2 Å². The van der Waals surface area contributed by atoms with Crippen LogP contribution < -0.4 is 5.32 Å². The highest BCUT2D eigenvalue weighted by Gasteiger charge is 2.39. The van der Waals surface area contributed by atoms with Crippen molar-refractivity contribution in [3.05, 3.63) is 28.5 Å². The number of morpholine rings is 1. The minimum Gasteiger partial charge on any atom is -0.378 e. The molecular weight excluding hydrogens is 367 g/mol. The Morgan fingerprint density at radius 2 is 2.24 bits per heavy atom. The van der Waals surface area contributed by atoms with E-state index in [-0.39, 0.29) is 19.8 Å². The zero-order valence-electron chi connectivity index (χ0n) is 11.2. The Kier molecular flexibility index (Phi) is 4.97. The zero-order chi connectivity index (χ0) is 15.6. The summed E-state index contributed by atoms with van der Waals surface area (Å²) >= 11 is 3.07. The van der Waals surface area contributed by atoms with E-state index in [0.29, 0.717) is 4.47 Å². The molecule has 1 heterocycles. The lowest BCUT2D eigenvalue weighted by Crippen LogP contribution is -2.55. The molecule has 1 aliphatic rings. The Morgan fingerprint density at radius 1 is 1.52 bits per heavy atom. The third-order valence-corrected chi connectivity index (χ3v) is 5.54. The summed E-state index contributed by atoms with van der Waals surface area (Å²) in [6.45, 7) is 0.0951. The van der Waals surface area contributed by atoms with Crippen LogP contribution in [0, 0.1) is 5.82 Å². The maximum Gasteiger partial charge on any atom is 0.246 e. The summed E-state index contributed by atoms with van der Waals surface area (Å²) < 4.78 is 45.7. The molecule has 9 heteroatoms. The molecule has 1 aliphatic heterocycles. The smallest absolute Gasteiger partial charge is 0.246 e. The molecule has 0 aromatic heterocycles. The number of nitrogens with zero attached hydrogens (tertiary/aromatic N) is 1. The van der Waals surface area contributed by atoms with Crippen LogP contribution in [-0.4, -0.2) is 51.5 Å². The fraction of sp³-hybridized carbons (Fsp3) is 0.417. The fourth-order valence-corrected chi connectivity index (χ4v) is 4.00. The quantitative estimate of drug-likeness (QED) is 0.838. The van der Waals surface area contributed by atoms with E-state index in [9.17, 15) is 17.6 Å². The van der Waals surface area contributed by atoms with Crippen molar-refractivity contribution in [2.75, 3.05) is 26.8 Å². The van der Waals surface area contributed by atoms with Crippen LogP contribution in [0.5, 0.6) is 0 Å². The summed E-state index contributed by atoms with van der Waals surface area (Å²) in [6, 6.07) is 2.68. The Labute approximate surface area is 130 Å². The van der Waals surface area contributed by atoms with Crippen molar-refractivity contribution < 1.29 is 22.3 Å². The first-order valence-corrected chi connectivity index (χ1v) is 8.37. The van der Waals surface area contributed by atoms with Crippen LogP contribution in [0.1, 0.15) is 0 Å². The molecule has 0 radical (unpaired) electrons. The number of hydrogen-bond acceptors (Lipinski definition) is 4. The lowest BCUT2D eigenvalue weighted by atomic mass is 10.2. The second-order valence-electron chi connectivity index (χ2n) is 4.40. The van der Waals surface area contributed by atoms with E-state index in [1.165, 1.54) is 19.2 Å². The van der Waals surface area contributed by atoms with Gasteiger partial charge < -0.3 is 10.1 Å².